The number of rotatable bonds is 3. The normalized spacial score (nSPS) is 11.0. The van der Waals surface area contributed by atoms with Crippen LogP contribution >= 0.6 is 11.6 Å². The van der Waals surface area contributed by atoms with Crippen molar-refractivity contribution in [3.8, 4) is 5.69 Å². The van der Waals surface area contributed by atoms with Crippen LogP contribution in [0.3, 0.4) is 0 Å². The number of hydrogen-bond donors (Lipinski definition) is 1. The second-order valence-electron chi connectivity index (χ2n) is 5.99. The molecule has 1 N–H and O–H groups in total. The van der Waals surface area contributed by atoms with Crippen LogP contribution in [-0.2, 0) is 0 Å². The summed E-state index contributed by atoms with van der Waals surface area (Å²) in [4.78, 5) is 8.78. The molecule has 0 aliphatic heterocycles. The summed E-state index contributed by atoms with van der Waals surface area (Å²) in [7, 11) is 0. The lowest BCUT2D eigenvalue weighted by Crippen LogP contribution is -1.99. The summed E-state index contributed by atoms with van der Waals surface area (Å²) in [6, 6.07) is 13.8. The number of anilines is 2. The highest BCUT2D eigenvalue weighted by atomic mass is 35.5. The Morgan fingerprint density at radius 3 is 2.40 bits per heavy atom. The van der Waals surface area contributed by atoms with Gasteiger partial charge in [0.2, 0.25) is 0 Å². The van der Waals surface area contributed by atoms with Crippen LogP contribution in [0.25, 0.3) is 16.7 Å². The van der Waals surface area contributed by atoms with Crippen molar-refractivity contribution >= 4 is 34.1 Å². The fourth-order valence-electron chi connectivity index (χ4n) is 2.90. The summed E-state index contributed by atoms with van der Waals surface area (Å²) in [6.07, 6.45) is 3.32. The molecule has 2 aromatic heterocycles. The van der Waals surface area contributed by atoms with Crippen LogP contribution in [0.15, 0.2) is 55.0 Å². The Labute approximate surface area is 150 Å². The monoisotopic (exact) mass is 349 g/mol. The number of aromatic nitrogens is 4. The molecule has 0 saturated heterocycles. The largest absolute Gasteiger partial charge is 0.340 e. The van der Waals surface area contributed by atoms with Crippen molar-refractivity contribution in [1.82, 2.24) is 19.7 Å². The van der Waals surface area contributed by atoms with E-state index in [1.807, 2.05) is 24.3 Å². The Balaban J connectivity index is 1.77. The van der Waals surface area contributed by atoms with Crippen molar-refractivity contribution in [3.63, 3.8) is 0 Å². The van der Waals surface area contributed by atoms with E-state index in [9.17, 15) is 0 Å². The average Bonchev–Trinajstić information content (AvgIpc) is 3.00. The molecule has 25 heavy (non-hydrogen) atoms. The van der Waals surface area contributed by atoms with Crippen molar-refractivity contribution in [1.29, 1.82) is 0 Å². The first-order chi connectivity index (χ1) is 12.1. The van der Waals surface area contributed by atoms with E-state index in [1.54, 1.807) is 17.2 Å². The molecule has 6 heteroatoms. The minimum atomic E-state index is 0.687. The predicted octanol–water partition coefficient (Wildman–Crippen LogP) is 4.83. The van der Waals surface area contributed by atoms with E-state index >= 15 is 0 Å². The Bertz CT molecular complexity index is 1030. The lowest BCUT2D eigenvalue weighted by atomic mass is 10.1. The highest BCUT2D eigenvalue weighted by Crippen LogP contribution is 2.26. The third-order valence-corrected chi connectivity index (χ3v) is 4.17. The van der Waals surface area contributed by atoms with E-state index in [0.29, 0.717) is 5.02 Å². The van der Waals surface area contributed by atoms with Crippen LogP contribution in [-0.4, -0.2) is 19.7 Å². The maximum Gasteiger partial charge on any atom is 0.168 e. The zero-order valence-electron chi connectivity index (χ0n) is 13.9. The van der Waals surface area contributed by atoms with E-state index in [0.717, 1.165) is 28.2 Å². The Kier molecular flexibility index (Phi) is 3.86. The van der Waals surface area contributed by atoms with Gasteiger partial charge in [-0.1, -0.05) is 17.7 Å². The number of fused-ring (bicyclic) bond motifs is 1. The molecule has 0 unspecified atom stereocenters. The highest BCUT2D eigenvalue weighted by molar-refractivity contribution is 6.30. The van der Waals surface area contributed by atoms with Gasteiger partial charge in [-0.05, 0) is 61.4 Å². The molecule has 5 nitrogen and oxygen atoms in total. The molecule has 0 aliphatic rings. The summed E-state index contributed by atoms with van der Waals surface area (Å²) in [6.45, 7) is 4.15. The van der Waals surface area contributed by atoms with Gasteiger partial charge in [0, 0.05) is 10.7 Å². The van der Waals surface area contributed by atoms with Crippen LogP contribution in [0, 0.1) is 13.8 Å². The van der Waals surface area contributed by atoms with Gasteiger partial charge in [0.15, 0.2) is 5.65 Å². The number of hydrogen-bond acceptors (Lipinski definition) is 4. The third-order valence-electron chi connectivity index (χ3n) is 3.92. The molecule has 0 bridgehead atoms. The summed E-state index contributed by atoms with van der Waals surface area (Å²) >= 11 is 5.97. The lowest BCUT2D eigenvalue weighted by molar-refractivity contribution is 0.895. The van der Waals surface area contributed by atoms with Gasteiger partial charge in [-0.15, -0.1) is 0 Å². The van der Waals surface area contributed by atoms with Crippen molar-refractivity contribution in [2.75, 3.05) is 5.32 Å². The predicted molar refractivity (Wildman–Crippen MR) is 101 cm³/mol. The van der Waals surface area contributed by atoms with Gasteiger partial charge in [0.1, 0.15) is 12.1 Å². The SMILES string of the molecule is Cc1cc(C)cc(Nc2ncnc3c2cnn3-c2ccc(Cl)cc2)c1. The number of aryl methyl sites for hydroxylation is 2. The summed E-state index contributed by atoms with van der Waals surface area (Å²) in [5, 5.41) is 9.39. The molecule has 4 rings (SSSR count). The highest BCUT2D eigenvalue weighted by Gasteiger charge is 2.11. The second-order valence-corrected chi connectivity index (χ2v) is 6.43. The van der Waals surface area contributed by atoms with Crippen molar-refractivity contribution in [3.05, 3.63) is 71.1 Å². The molecule has 124 valence electrons. The molecular formula is C19H16ClN5. The maximum atomic E-state index is 5.97. The first kappa shape index (κ1) is 15.6. The first-order valence-electron chi connectivity index (χ1n) is 7.90. The minimum absolute atomic E-state index is 0.687. The molecule has 0 amide bonds. The van der Waals surface area contributed by atoms with Gasteiger partial charge in [0.05, 0.1) is 17.3 Å². The van der Waals surface area contributed by atoms with Gasteiger partial charge < -0.3 is 5.32 Å². The first-order valence-corrected chi connectivity index (χ1v) is 8.28. The molecule has 0 saturated carbocycles. The number of nitrogens with one attached hydrogen (secondary N) is 1. The molecule has 0 atom stereocenters. The Morgan fingerprint density at radius 1 is 0.960 bits per heavy atom. The van der Waals surface area contributed by atoms with Gasteiger partial charge >= 0.3 is 0 Å². The van der Waals surface area contributed by atoms with Crippen LogP contribution in [0.1, 0.15) is 11.1 Å². The summed E-state index contributed by atoms with van der Waals surface area (Å²) in [5.74, 6) is 0.732. The topological polar surface area (TPSA) is 55.6 Å². The fraction of sp³-hybridized carbons (Fsp3) is 0.105. The van der Waals surface area contributed by atoms with Crippen molar-refractivity contribution < 1.29 is 0 Å². The molecule has 0 spiro atoms. The van der Waals surface area contributed by atoms with Crippen molar-refractivity contribution in [2.45, 2.75) is 13.8 Å². The zero-order chi connectivity index (χ0) is 17.4. The second kappa shape index (κ2) is 6.18. The van der Waals surface area contributed by atoms with E-state index in [2.05, 4.69) is 52.4 Å². The molecule has 0 fully saturated rings. The lowest BCUT2D eigenvalue weighted by Gasteiger charge is -2.09. The summed E-state index contributed by atoms with van der Waals surface area (Å²) < 4.78 is 1.78. The zero-order valence-corrected chi connectivity index (χ0v) is 14.6. The molecule has 0 radical (unpaired) electrons. The van der Waals surface area contributed by atoms with Gasteiger partial charge in [0.25, 0.3) is 0 Å². The van der Waals surface area contributed by atoms with Gasteiger partial charge in [-0.3, -0.25) is 0 Å². The number of nitrogens with zero attached hydrogens (tertiary/aromatic N) is 4. The summed E-state index contributed by atoms with van der Waals surface area (Å²) in [5.41, 5.74) is 5.03. The Hall–Kier alpha value is -2.92. The van der Waals surface area contributed by atoms with Crippen LogP contribution in [0.5, 0.6) is 0 Å². The number of benzene rings is 2. The fourth-order valence-corrected chi connectivity index (χ4v) is 3.02. The maximum absolute atomic E-state index is 5.97. The number of halogens is 1. The van der Waals surface area contributed by atoms with E-state index in [4.69, 9.17) is 11.6 Å². The van der Waals surface area contributed by atoms with Gasteiger partial charge in [-0.25, -0.2) is 14.6 Å². The Morgan fingerprint density at radius 2 is 1.68 bits per heavy atom. The molecule has 2 heterocycles. The van der Waals surface area contributed by atoms with E-state index < -0.39 is 0 Å². The smallest absolute Gasteiger partial charge is 0.168 e. The average molecular weight is 350 g/mol. The van der Waals surface area contributed by atoms with Crippen molar-refractivity contribution in [2.24, 2.45) is 0 Å². The van der Waals surface area contributed by atoms with Crippen LogP contribution in [0.4, 0.5) is 11.5 Å². The minimum Gasteiger partial charge on any atom is -0.340 e. The molecule has 2 aromatic carbocycles. The molecule has 4 aromatic rings. The van der Waals surface area contributed by atoms with Gasteiger partial charge in [-0.2, -0.15) is 5.10 Å². The van der Waals surface area contributed by atoms with Crippen LogP contribution in [0.2, 0.25) is 5.02 Å². The van der Waals surface area contributed by atoms with E-state index in [-0.39, 0.29) is 0 Å². The third kappa shape index (κ3) is 3.06. The standard InChI is InChI=1S/C19H16ClN5/c1-12-7-13(2)9-15(8-12)24-18-17-10-23-25(19(17)22-11-21-18)16-5-3-14(20)4-6-16/h3-11H,1-2H3,(H,21,22,24). The molecular weight excluding hydrogens is 334 g/mol. The van der Waals surface area contributed by atoms with E-state index in [1.165, 1.54) is 11.1 Å². The molecule has 0 aliphatic carbocycles. The quantitative estimate of drug-likeness (QED) is 0.575. The van der Waals surface area contributed by atoms with Crippen LogP contribution < -0.4 is 5.32 Å².